The van der Waals surface area contributed by atoms with Gasteiger partial charge in [0.1, 0.15) is 5.82 Å². The molecule has 0 atom stereocenters. The number of nitrogens with one attached hydrogen (secondary N) is 1. The molecule has 1 amide bonds. The third kappa shape index (κ3) is 3.16. The second kappa shape index (κ2) is 6.05. The molecule has 0 saturated carbocycles. The van der Waals surface area contributed by atoms with E-state index >= 15 is 0 Å². The minimum atomic E-state index is -0.268. The van der Waals surface area contributed by atoms with E-state index in [1.807, 2.05) is 25.7 Å². The molecule has 1 fully saturated rings. The van der Waals surface area contributed by atoms with E-state index in [1.54, 1.807) is 12.1 Å². The standard InChI is InChI=1S/C18H19FN4O2S/c1-18(2,3)14-7-15(25-22-14)21-16(24)10-8-23(9-10)17-20-12-5-4-11(19)6-13(12)26-17/h4-7,10H,8-9H2,1-3H3,(H,21,24). The Kier molecular flexibility index (Phi) is 3.95. The third-order valence-electron chi connectivity index (χ3n) is 4.39. The fourth-order valence-corrected chi connectivity index (χ4v) is 3.74. The second-order valence-electron chi connectivity index (χ2n) is 7.53. The number of hydrogen-bond donors (Lipinski definition) is 1. The predicted octanol–water partition coefficient (Wildman–Crippen LogP) is 3.80. The number of rotatable bonds is 3. The smallest absolute Gasteiger partial charge is 0.233 e. The predicted molar refractivity (Wildman–Crippen MR) is 99.1 cm³/mol. The van der Waals surface area contributed by atoms with Crippen molar-refractivity contribution in [2.24, 2.45) is 5.92 Å². The van der Waals surface area contributed by atoms with Crippen molar-refractivity contribution in [1.82, 2.24) is 10.1 Å². The SMILES string of the molecule is CC(C)(C)c1cc(NC(=O)C2CN(c3nc4ccc(F)cc4s3)C2)on1. The maximum atomic E-state index is 13.3. The number of hydrogen-bond acceptors (Lipinski definition) is 6. The van der Waals surface area contributed by atoms with Crippen LogP contribution in [0.25, 0.3) is 10.2 Å². The maximum absolute atomic E-state index is 13.3. The van der Waals surface area contributed by atoms with Gasteiger partial charge in [-0.2, -0.15) is 0 Å². The van der Waals surface area contributed by atoms with Crippen LogP contribution < -0.4 is 10.2 Å². The molecule has 0 radical (unpaired) electrons. The molecule has 136 valence electrons. The van der Waals surface area contributed by atoms with E-state index in [0.717, 1.165) is 21.0 Å². The van der Waals surface area contributed by atoms with Gasteiger partial charge in [-0.1, -0.05) is 37.3 Å². The molecule has 8 heteroatoms. The molecule has 0 aliphatic carbocycles. The van der Waals surface area contributed by atoms with Crippen LogP contribution in [0.1, 0.15) is 26.5 Å². The van der Waals surface area contributed by atoms with Gasteiger partial charge in [-0.05, 0) is 18.2 Å². The van der Waals surface area contributed by atoms with E-state index in [9.17, 15) is 9.18 Å². The minimum Gasteiger partial charge on any atom is -0.346 e. The summed E-state index contributed by atoms with van der Waals surface area (Å²) in [5, 5.41) is 7.59. The lowest BCUT2D eigenvalue weighted by Crippen LogP contribution is -2.52. The van der Waals surface area contributed by atoms with Gasteiger partial charge >= 0.3 is 0 Å². The molecule has 26 heavy (non-hydrogen) atoms. The van der Waals surface area contributed by atoms with Gasteiger partial charge in [0.25, 0.3) is 0 Å². The number of carbonyl (C=O) groups is 1. The van der Waals surface area contributed by atoms with Crippen molar-refractivity contribution >= 4 is 38.5 Å². The van der Waals surface area contributed by atoms with Crippen LogP contribution in [-0.4, -0.2) is 29.1 Å². The summed E-state index contributed by atoms with van der Waals surface area (Å²) >= 11 is 1.43. The van der Waals surface area contributed by atoms with Gasteiger partial charge in [-0.3, -0.25) is 10.1 Å². The summed E-state index contributed by atoms with van der Waals surface area (Å²) in [5.74, 6) is -0.129. The number of anilines is 2. The quantitative estimate of drug-likeness (QED) is 0.755. The first-order valence-electron chi connectivity index (χ1n) is 8.39. The first-order chi connectivity index (χ1) is 12.3. The average Bonchev–Trinajstić information content (AvgIpc) is 3.11. The van der Waals surface area contributed by atoms with Crippen molar-refractivity contribution < 1.29 is 13.7 Å². The molecule has 1 aliphatic rings. The van der Waals surface area contributed by atoms with Crippen molar-refractivity contribution in [3.05, 3.63) is 35.8 Å². The van der Waals surface area contributed by atoms with E-state index in [1.165, 1.54) is 23.5 Å². The van der Waals surface area contributed by atoms with Crippen LogP contribution in [0.15, 0.2) is 28.8 Å². The number of thiazole rings is 1. The lowest BCUT2D eigenvalue weighted by molar-refractivity contribution is -0.120. The van der Waals surface area contributed by atoms with Gasteiger partial charge in [-0.25, -0.2) is 9.37 Å². The molecule has 0 spiro atoms. The summed E-state index contributed by atoms with van der Waals surface area (Å²) in [5.41, 5.74) is 1.44. The third-order valence-corrected chi connectivity index (χ3v) is 5.47. The van der Waals surface area contributed by atoms with Crippen LogP contribution in [-0.2, 0) is 10.2 Å². The van der Waals surface area contributed by atoms with Crippen LogP contribution in [0.4, 0.5) is 15.4 Å². The fraction of sp³-hybridized carbons (Fsp3) is 0.389. The molecule has 2 aromatic heterocycles. The van der Waals surface area contributed by atoms with Gasteiger partial charge in [0.15, 0.2) is 5.13 Å². The van der Waals surface area contributed by atoms with Gasteiger partial charge < -0.3 is 9.42 Å². The molecule has 6 nitrogen and oxygen atoms in total. The van der Waals surface area contributed by atoms with Gasteiger partial charge in [0.05, 0.1) is 21.8 Å². The topological polar surface area (TPSA) is 71.3 Å². The van der Waals surface area contributed by atoms with E-state index < -0.39 is 0 Å². The Hall–Kier alpha value is -2.48. The normalized spacial score (nSPS) is 15.3. The Balaban J connectivity index is 1.37. The van der Waals surface area contributed by atoms with Crippen LogP contribution in [0, 0.1) is 11.7 Å². The van der Waals surface area contributed by atoms with E-state index in [4.69, 9.17) is 4.52 Å². The molecule has 0 unspecified atom stereocenters. The van der Waals surface area contributed by atoms with Crippen LogP contribution in [0.3, 0.4) is 0 Å². The fourth-order valence-electron chi connectivity index (χ4n) is 2.73. The highest BCUT2D eigenvalue weighted by Gasteiger charge is 2.35. The summed E-state index contributed by atoms with van der Waals surface area (Å²) in [6.07, 6.45) is 0. The van der Waals surface area contributed by atoms with E-state index in [-0.39, 0.29) is 23.1 Å². The second-order valence-corrected chi connectivity index (χ2v) is 8.54. The Bertz CT molecular complexity index is 969. The number of amides is 1. The highest BCUT2D eigenvalue weighted by molar-refractivity contribution is 7.22. The zero-order valence-corrected chi connectivity index (χ0v) is 15.6. The molecule has 1 aliphatic heterocycles. The largest absolute Gasteiger partial charge is 0.346 e. The van der Waals surface area contributed by atoms with E-state index in [0.29, 0.717) is 19.0 Å². The minimum absolute atomic E-state index is 0.0926. The van der Waals surface area contributed by atoms with Gasteiger partial charge in [0, 0.05) is 24.6 Å². The average molecular weight is 374 g/mol. The van der Waals surface area contributed by atoms with Crippen molar-refractivity contribution in [2.45, 2.75) is 26.2 Å². The van der Waals surface area contributed by atoms with Crippen LogP contribution in [0.2, 0.25) is 0 Å². The first kappa shape index (κ1) is 17.0. The highest BCUT2D eigenvalue weighted by Crippen LogP contribution is 2.33. The molecule has 3 heterocycles. The number of halogens is 1. The summed E-state index contributed by atoms with van der Waals surface area (Å²) in [4.78, 5) is 18.9. The zero-order valence-electron chi connectivity index (χ0n) is 14.7. The maximum Gasteiger partial charge on any atom is 0.233 e. The Morgan fingerprint density at radius 1 is 1.35 bits per heavy atom. The lowest BCUT2D eigenvalue weighted by Gasteiger charge is -2.37. The number of aromatic nitrogens is 2. The van der Waals surface area contributed by atoms with Gasteiger partial charge in [0.2, 0.25) is 11.8 Å². The van der Waals surface area contributed by atoms with Crippen molar-refractivity contribution in [2.75, 3.05) is 23.3 Å². The van der Waals surface area contributed by atoms with Crippen LogP contribution in [0.5, 0.6) is 0 Å². The zero-order chi connectivity index (χ0) is 18.5. The lowest BCUT2D eigenvalue weighted by atomic mass is 9.92. The number of benzene rings is 1. The van der Waals surface area contributed by atoms with Crippen molar-refractivity contribution in [3.63, 3.8) is 0 Å². The summed E-state index contributed by atoms with van der Waals surface area (Å²) in [7, 11) is 0. The molecule has 1 N–H and O–H groups in total. The van der Waals surface area contributed by atoms with Crippen LogP contribution >= 0.6 is 11.3 Å². The molecule has 1 aromatic carbocycles. The van der Waals surface area contributed by atoms with Gasteiger partial charge in [-0.15, -0.1) is 0 Å². The molecular weight excluding hydrogens is 355 g/mol. The highest BCUT2D eigenvalue weighted by atomic mass is 32.1. The van der Waals surface area contributed by atoms with Crippen molar-refractivity contribution in [1.29, 1.82) is 0 Å². The Morgan fingerprint density at radius 2 is 2.12 bits per heavy atom. The Labute approximate surface area is 154 Å². The number of nitrogens with zero attached hydrogens (tertiary/aromatic N) is 3. The summed E-state index contributed by atoms with van der Waals surface area (Å²) in [6.45, 7) is 7.25. The monoisotopic (exact) mass is 374 g/mol. The molecule has 4 rings (SSSR count). The summed E-state index contributed by atoms with van der Waals surface area (Å²) < 4.78 is 19.3. The molecule has 1 saturated heterocycles. The Morgan fingerprint density at radius 3 is 2.81 bits per heavy atom. The molecular formula is C18H19FN4O2S. The molecule has 3 aromatic rings. The van der Waals surface area contributed by atoms with Crippen molar-refractivity contribution in [3.8, 4) is 0 Å². The van der Waals surface area contributed by atoms with E-state index in [2.05, 4.69) is 15.5 Å². The number of fused-ring (bicyclic) bond motifs is 1. The number of carbonyl (C=O) groups excluding carboxylic acids is 1. The first-order valence-corrected chi connectivity index (χ1v) is 9.20. The molecule has 0 bridgehead atoms. The summed E-state index contributed by atoms with van der Waals surface area (Å²) in [6, 6.07) is 6.32.